The lowest BCUT2D eigenvalue weighted by molar-refractivity contribution is 0.627. The van der Waals surface area contributed by atoms with Gasteiger partial charge < -0.3 is 0 Å². The number of rotatable bonds is 9. The molecule has 1 aromatic rings. The first-order valence-electron chi connectivity index (χ1n) is 6.36. The fraction of sp³-hybridized carbons (Fsp3) is 0.571. The Bertz CT molecular complexity index is 246. The third kappa shape index (κ3) is 7.37. The van der Waals surface area contributed by atoms with E-state index in [1.807, 2.05) is 0 Å². The number of benzene rings is 1. The zero-order valence-electron chi connectivity index (χ0n) is 10.2. The van der Waals surface area contributed by atoms with Gasteiger partial charge in [0.15, 0.2) is 0 Å². The molecule has 0 nitrogen and oxygen atoms in total. The highest BCUT2D eigenvalue weighted by molar-refractivity contribution is 8.15. The fourth-order valence-electron chi connectivity index (χ4n) is 1.59. The molecule has 2 radical (unpaired) electrons. The van der Waals surface area contributed by atoms with E-state index in [2.05, 4.69) is 37.3 Å². The van der Waals surface area contributed by atoms with Gasteiger partial charge in [-0.1, -0.05) is 69.4 Å². The summed E-state index contributed by atoms with van der Waals surface area (Å²) in [6.45, 7) is 2.28. The van der Waals surface area contributed by atoms with Crippen LogP contribution in [-0.2, 0) is 0 Å². The van der Waals surface area contributed by atoms with Crippen molar-refractivity contribution in [2.45, 2.75) is 45.4 Å². The molecule has 0 spiro atoms. The molecule has 0 N–H and O–H groups in total. The largest absolute Gasteiger partial charge is 0.0654 e. The average Bonchev–Trinajstić information content (AvgIpc) is 2.34. The summed E-state index contributed by atoms with van der Waals surface area (Å²) in [5, 5.41) is 1.45. The maximum atomic E-state index is 2.28. The van der Waals surface area contributed by atoms with Gasteiger partial charge in [-0.15, -0.1) is 0 Å². The number of hydrogen-bond donors (Lipinski definition) is 0. The van der Waals surface area contributed by atoms with Crippen molar-refractivity contribution < 1.29 is 0 Å². The van der Waals surface area contributed by atoms with Crippen LogP contribution in [0.3, 0.4) is 0 Å². The van der Waals surface area contributed by atoms with Crippen LogP contribution >= 0.6 is 16.5 Å². The first-order chi connectivity index (χ1) is 7.93. The van der Waals surface area contributed by atoms with E-state index in [1.54, 1.807) is 8.27 Å². The Kier molecular flexibility index (Phi) is 9.06. The van der Waals surface area contributed by atoms with E-state index in [4.69, 9.17) is 0 Å². The van der Waals surface area contributed by atoms with Gasteiger partial charge in [0.1, 0.15) is 0 Å². The topological polar surface area (TPSA) is 0 Å². The van der Waals surface area contributed by atoms with E-state index in [1.165, 1.54) is 58.3 Å². The molecule has 0 aliphatic rings. The van der Waals surface area contributed by atoms with E-state index in [9.17, 15) is 0 Å². The second-order valence-electron chi connectivity index (χ2n) is 4.07. The lowest BCUT2D eigenvalue weighted by Crippen LogP contribution is -1.88. The zero-order valence-corrected chi connectivity index (χ0v) is 12.0. The Morgan fingerprint density at radius 2 is 1.56 bits per heavy atom. The Labute approximate surface area is 104 Å². The van der Waals surface area contributed by atoms with Crippen LogP contribution in [0.15, 0.2) is 30.3 Å². The molecule has 0 saturated carbocycles. The van der Waals surface area contributed by atoms with Gasteiger partial charge in [0, 0.05) is 0 Å². The van der Waals surface area contributed by atoms with Gasteiger partial charge in [-0.25, -0.2) is 0 Å². The van der Waals surface area contributed by atoms with Gasteiger partial charge in [0.05, 0.1) is 0 Å². The fourth-order valence-corrected chi connectivity index (χ4v) is 4.14. The minimum absolute atomic E-state index is 1.35. The van der Waals surface area contributed by atoms with Crippen molar-refractivity contribution in [1.29, 1.82) is 0 Å². The summed E-state index contributed by atoms with van der Waals surface area (Å²) in [6, 6.07) is 10.8. The summed E-state index contributed by atoms with van der Waals surface area (Å²) in [5.41, 5.74) is 0. The summed E-state index contributed by atoms with van der Waals surface area (Å²) < 4.78 is 0. The van der Waals surface area contributed by atoms with Gasteiger partial charge in [-0.3, -0.25) is 0 Å². The Morgan fingerprint density at radius 3 is 2.31 bits per heavy atom. The molecule has 0 amide bonds. The van der Waals surface area contributed by atoms with Crippen molar-refractivity contribution in [3.8, 4) is 0 Å². The second kappa shape index (κ2) is 10.2. The van der Waals surface area contributed by atoms with Crippen LogP contribution in [-0.4, -0.2) is 6.16 Å². The van der Waals surface area contributed by atoms with Gasteiger partial charge >= 0.3 is 0 Å². The Hall–Kier alpha value is 0.0800. The molecule has 2 heteroatoms. The summed E-state index contributed by atoms with van der Waals surface area (Å²) in [7, 11) is 3.04. The molecule has 0 unspecified atom stereocenters. The van der Waals surface area contributed by atoms with E-state index in [0.29, 0.717) is 0 Å². The van der Waals surface area contributed by atoms with Crippen LogP contribution in [0, 0.1) is 0 Å². The highest BCUT2D eigenvalue weighted by Gasteiger charge is 1.94. The quantitative estimate of drug-likeness (QED) is 0.403. The first kappa shape index (κ1) is 14.1. The molecular formula is C14H22P2. The van der Waals surface area contributed by atoms with Crippen molar-refractivity contribution in [2.24, 2.45) is 0 Å². The van der Waals surface area contributed by atoms with Crippen molar-refractivity contribution in [2.75, 3.05) is 6.16 Å². The minimum atomic E-state index is 1.35. The smallest absolute Gasteiger partial charge is 0.0109 e. The van der Waals surface area contributed by atoms with Crippen LogP contribution in [0.5, 0.6) is 0 Å². The molecule has 1 aromatic carbocycles. The Morgan fingerprint density at radius 1 is 0.875 bits per heavy atom. The van der Waals surface area contributed by atoms with Crippen LogP contribution < -0.4 is 5.30 Å². The molecule has 0 fully saturated rings. The molecule has 0 heterocycles. The van der Waals surface area contributed by atoms with Crippen molar-refractivity contribution in [3.63, 3.8) is 0 Å². The van der Waals surface area contributed by atoms with Gasteiger partial charge in [-0.2, -0.15) is 0 Å². The molecule has 0 aliphatic heterocycles. The standard InChI is InChI=1S/C14H22P2/c1-2-3-4-5-6-10-13-15-16-14-11-8-7-9-12-14/h7-9,11-12H,2-6,10,13H2,1H3. The average molecular weight is 252 g/mol. The lowest BCUT2D eigenvalue weighted by atomic mass is 10.1. The normalized spacial score (nSPS) is 12.1. The van der Waals surface area contributed by atoms with Crippen LogP contribution in [0.2, 0.25) is 0 Å². The van der Waals surface area contributed by atoms with E-state index >= 15 is 0 Å². The van der Waals surface area contributed by atoms with Gasteiger partial charge in [0.2, 0.25) is 0 Å². The molecule has 16 heavy (non-hydrogen) atoms. The van der Waals surface area contributed by atoms with Gasteiger partial charge in [-0.05, 0) is 34.4 Å². The van der Waals surface area contributed by atoms with Crippen LogP contribution in [0.4, 0.5) is 0 Å². The molecule has 0 aromatic heterocycles. The predicted molar refractivity (Wildman–Crippen MR) is 78.2 cm³/mol. The monoisotopic (exact) mass is 252 g/mol. The maximum Gasteiger partial charge on any atom is -0.0109 e. The molecule has 1 rings (SSSR count). The van der Waals surface area contributed by atoms with Crippen molar-refractivity contribution in [3.05, 3.63) is 30.3 Å². The van der Waals surface area contributed by atoms with Crippen LogP contribution in [0.1, 0.15) is 45.4 Å². The third-order valence-electron chi connectivity index (χ3n) is 2.55. The molecule has 0 aliphatic carbocycles. The first-order valence-corrected chi connectivity index (χ1v) is 9.04. The van der Waals surface area contributed by atoms with E-state index < -0.39 is 0 Å². The summed E-state index contributed by atoms with van der Waals surface area (Å²) in [4.78, 5) is 0. The number of hydrogen-bond acceptors (Lipinski definition) is 0. The highest BCUT2D eigenvalue weighted by atomic mass is 32.0. The molecule has 0 bridgehead atoms. The second-order valence-corrected chi connectivity index (χ2v) is 6.96. The molecular weight excluding hydrogens is 230 g/mol. The third-order valence-corrected chi connectivity index (χ3v) is 5.46. The minimum Gasteiger partial charge on any atom is -0.0654 e. The molecule has 0 atom stereocenters. The number of unbranched alkanes of at least 4 members (excludes halogenated alkanes) is 5. The summed E-state index contributed by atoms with van der Waals surface area (Å²) >= 11 is 0. The predicted octanol–water partition coefficient (Wildman–Crippen LogP) is 5.48. The van der Waals surface area contributed by atoms with Crippen molar-refractivity contribution in [1.82, 2.24) is 0 Å². The zero-order chi connectivity index (χ0) is 11.5. The van der Waals surface area contributed by atoms with E-state index in [-0.39, 0.29) is 0 Å². The lowest BCUT2D eigenvalue weighted by Gasteiger charge is -2.01. The SMILES string of the molecule is CCCCCCCC[P][P]c1ccccc1. The van der Waals surface area contributed by atoms with Crippen LogP contribution in [0.25, 0.3) is 0 Å². The Balaban J connectivity index is 1.89. The summed E-state index contributed by atoms with van der Waals surface area (Å²) in [5.74, 6) is 0. The molecule has 0 saturated heterocycles. The van der Waals surface area contributed by atoms with E-state index in [0.717, 1.165) is 0 Å². The molecule has 88 valence electrons. The summed E-state index contributed by atoms with van der Waals surface area (Å²) in [6.07, 6.45) is 9.84. The highest BCUT2D eigenvalue weighted by Crippen LogP contribution is 2.36. The van der Waals surface area contributed by atoms with Crippen molar-refractivity contribution >= 4 is 21.8 Å². The maximum absolute atomic E-state index is 2.28. The van der Waals surface area contributed by atoms with Gasteiger partial charge in [0.25, 0.3) is 0 Å².